The maximum Gasteiger partial charge on any atom is 0.415 e. The quantitative estimate of drug-likeness (QED) is 0.709. The molecule has 1 aromatic heterocycles. The van der Waals surface area contributed by atoms with Crippen molar-refractivity contribution in [2.75, 3.05) is 13.2 Å². The third-order valence-corrected chi connectivity index (χ3v) is 4.62. The van der Waals surface area contributed by atoms with Crippen LogP contribution in [0.2, 0.25) is 0 Å². The van der Waals surface area contributed by atoms with Crippen LogP contribution in [0, 0.1) is 0 Å². The Bertz CT molecular complexity index is 874. The number of rotatable bonds is 7. The van der Waals surface area contributed by atoms with E-state index < -0.39 is 0 Å². The van der Waals surface area contributed by atoms with Gasteiger partial charge in [-0.2, -0.15) is 0 Å². The Balaban J connectivity index is 1.28. The molecule has 3 aromatic rings. The zero-order valence-corrected chi connectivity index (χ0v) is 14.2. The fourth-order valence-corrected chi connectivity index (χ4v) is 2.92. The topological polar surface area (TPSA) is 77.2 Å². The van der Waals surface area contributed by atoms with Crippen LogP contribution in [0.1, 0.15) is 18.4 Å². The maximum atomic E-state index is 12.1. The summed E-state index contributed by atoms with van der Waals surface area (Å²) in [5.41, 5.74) is 2.14. The summed E-state index contributed by atoms with van der Waals surface area (Å²) >= 11 is 0. The van der Waals surface area contributed by atoms with Crippen LogP contribution in [0.4, 0.5) is 0 Å². The molecule has 0 saturated heterocycles. The van der Waals surface area contributed by atoms with Gasteiger partial charge in [-0.3, -0.25) is 4.79 Å². The Hall–Kier alpha value is -3.15. The molecule has 6 nitrogen and oxygen atoms in total. The number of carbonyl (C=O) groups excluding carboxylic acids is 1. The number of carbonyl (C=O) groups is 1. The summed E-state index contributed by atoms with van der Waals surface area (Å²) in [6, 6.07) is 19.7. The van der Waals surface area contributed by atoms with Crippen molar-refractivity contribution in [2.24, 2.45) is 0 Å². The van der Waals surface area contributed by atoms with E-state index in [2.05, 4.69) is 27.6 Å². The molecular formula is C20H19N3O3. The third-order valence-electron chi connectivity index (χ3n) is 4.62. The van der Waals surface area contributed by atoms with Crippen molar-refractivity contribution >= 4 is 5.91 Å². The van der Waals surface area contributed by atoms with E-state index in [1.807, 2.05) is 48.5 Å². The monoisotopic (exact) mass is 349 g/mol. The molecule has 1 saturated carbocycles. The van der Waals surface area contributed by atoms with Crippen molar-refractivity contribution in [3.05, 3.63) is 66.2 Å². The zero-order chi connectivity index (χ0) is 17.8. The molecule has 1 aliphatic carbocycles. The first kappa shape index (κ1) is 16.3. The zero-order valence-electron chi connectivity index (χ0n) is 14.2. The van der Waals surface area contributed by atoms with Crippen molar-refractivity contribution in [1.29, 1.82) is 0 Å². The minimum atomic E-state index is -0.202. The number of amides is 1. The van der Waals surface area contributed by atoms with E-state index in [1.54, 1.807) is 0 Å². The fraction of sp³-hybridized carbons (Fsp3) is 0.250. The van der Waals surface area contributed by atoms with Crippen molar-refractivity contribution in [3.63, 3.8) is 0 Å². The summed E-state index contributed by atoms with van der Waals surface area (Å²) in [4.78, 5) is 12.1. The predicted molar refractivity (Wildman–Crippen MR) is 95.6 cm³/mol. The molecule has 132 valence electrons. The summed E-state index contributed by atoms with van der Waals surface area (Å²) in [6.45, 7) is 0.458. The molecule has 1 amide bonds. The Morgan fingerprint density at radius 3 is 2.42 bits per heavy atom. The lowest BCUT2D eigenvalue weighted by Crippen LogP contribution is -2.35. The standard InChI is InChI=1S/C20H19N3O3/c24-17(21-14-20(11-12-20)16-9-5-2-6-10-16)13-25-19-23-22-18(26-19)15-7-3-1-4-8-15/h1-10H,11-14H2,(H,21,24). The highest BCUT2D eigenvalue weighted by atomic mass is 16.6. The van der Waals surface area contributed by atoms with E-state index in [0.29, 0.717) is 12.4 Å². The fourth-order valence-electron chi connectivity index (χ4n) is 2.92. The van der Waals surface area contributed by atoms with E-state index >= 15 is 0 Å². The third kappa shape index (κ3) is 3.59. The van der Waals surface area contributed by atoms with Crippen LogP contribution in [-0.4, -0.2) is 29.3 Å². The van der Waals surface area contributed by atoms with Gasteiger partial charge in [-0.25, -0.2) is 0 Å². The maximum absolute atomic E-state index is 12.1. The summed E-state index contributed by atoms with van der Waals surface area (Å²) in [7, 11) is 0. The van der Waals surface area contributed by atoms with Crippen LogP contribution >= 0.6 is 0 Å². The van der Waals surface area contributed by atoms with Crippen molar-refractivity contribution in [2.45, 2.75) is 18.3 Å². The van der Waals surface area contributed by atoms with Crippen LogP contribution in [0.25, 0.3) is 11.5 Å². The molecule has 0 unspecified atom stereocenters. The minimum absolute atomic E-state index is 0.0109. The van der Waals surface area contributed by atoms with E-state index in [-0.39, 0.29) is 24.0 Å². The van der Waals surface area contributed by atoms with Gasteiger partial charge in [0.1, 0.15) is 0 Å². The number of nitrogens with one attached hydrogen (secondary N) is 1. The van der Waals surface area contributed by atoms with Crippen LogP contribution in [0.5, 0.6) is 6.08 Å². The molecule has 0 aliphatic heterocycles. The van der Waals surface area contributed by atoms with E-state index in [1.165, 1.54) is 5.56 Å². The van der Waals surface area contributed by atoms with Crippen molar-refractivity contribution in [3.8, 4) is 17.5 Å². The predicted octanol–water partition coefficient (Wildman–Crippen LogP) is 2.96. The molecule has 0 spiro atoms. The van der Waals surface area contributed by atoms with Crippen molar-refractivity contribution in [1.82, 2.24) is 15.5 Å². The van der Waals surface area contributed by atoms with Gasteiger partial charge < -0.3 is 14.5 Å². The van der Waals surface area contributed by atoms with Gasteiger partial charge in [0.05, 0.1) is 0 Å². The molecule has 0 radical (unpaired) electrons. The van der Waals surface area contributed by atoms with Gasteiger partial charge in [0, 0.05) is 17.5 Å². The smallest absolute Gasteiger partial charge is 0.415 e. The number of ether oxygens (including phenoxy) is 1. The van der Waals surface area contributed by atoms with Crippen LogP contribution < -0.4 is 10.1 Å². The number of aromatic nitrogens is 2. The van der Waals surface area contributed by atoms with Gasteiger partial charge in [0.15, 0.2) is 6.61 Å². The lowest BCUT2D eigenvalue weighted by molar-refractivity contribution is -0.123. The molecule has 6 heteroatoms. The van der Waals surface area contributed by atoms with Gasteiger partial charge in [0.2, 0.25) is 0 Å². The first-order valence-corrected chi connectivity index (χ1v) is 8.59. The highest BCUT2D eigenvalue weighted by Gasteiger charge is 2.44. The second-order valence-electron chi connectivity index (χ2n) is 6.45. The van der Waals surface area contributed by atoms with Gasteiger partial charge in [0.25, 0.3) is 11.8 Å². The van der Waals surface area contributed by atoms with Gasteiger partial charge in [-0.15, -0.1) is 5.10 Å². The Morgan fingerprint density at radius 1 is 1.04 bits per heavy atom. The first-order chi connectivity index (χ1) is 12.8. The largest absolute Gasteiger partial charge is 0.439 e. The van der Waals surface area contributed by atoms with E-state index in [9.17, 15) is 4.79 Å². The molecule has 1 N–H and O–H groups in total. The Kier molecular flexibility index (Phi) is 4.39. The summed E-state index contributed by atoms with van der Waals surface area (Å²) < 4.78 is 10.7. The normalized spacial score (nSPS) is 14.6. The summed E-state index contributed by atoms with van der Waals surface area (Å²) in [5.74, 6) is 0.161. The van der Waals surface area contributed by atoms with Crippen molar-refractivity contribution < 1.29 is 13.9 Å². The number of benzene rings is 2. The van der Waals surface area contributed by atoms with E-state index in [0.717, 1.165) is 18.4 Å². The molecule has 0 atom stereocenters. The molecule has 1 heterocycles. The second kappa shape index (κ2) is 7.00. The molecule has 4 rings (SSSR count). The van der Waals surface area contributed by atoms with Gasteiger partial charge in [-0.1, -0.05) is 53.6 Å². The Labute approximate surface area is 151 Å². The van der Waals surface area contributed by atoms with Crippen LogP contribution in [-0.2, 0) is 10.2 Å². The van der Waals surface area contributed by atoms with Gasteiger partial charge >= 0.3 is 6.08 Å². The molecule has 0 bridgehead atoms. The van der Waals surface area contributed by atoms with Crippen LogP contribution in [0.3, 0.4) is 0 Å². The highest BCUT2D eigenvalue weighted by molar-refractivity contribution is 5.77. The number of hydrogen-bond acceptors (Lipinski definition) is 5. The molecular weight excluding hydrogens is 330 g/mol. The van der Waals surface area contributed by atoms with E-state index in [4.69, 9.17) is 9.15 Å². The van der Waals surface area contributed by atoms with Crippen LogP contribution in [0.15, 0.2) is 65.1 Å². The average Bonchev–Trinajstić information content (AvgIpc) is 3.35. The Morgan fingerprint density at radius 2 is 1.73 bits per heavy atom. The summed E-state index contributed by atoms with van der Waals surface area (Å²) in [5, 5.41) is 10.7. The highest BCUT2D eigenvalue weighted by Crippen LogP contribution is 2.47. The second-order valence-corrected chi connectivity index (χ2v) is 6.45. The number of nitrogens with zero attached hydrogens (tertiary/aromatic N) is 2. The lowest BCUT2D eigenvalue weighted by atomic mass is 9.96. The minimum Gasteiger partial charge on any atom is -0.439 e. The molecule has 1 fully saturated rings. The average molecular weight is 349 g/mol. The SMILES string of the molecule is O=C(COc1nnc(-c2ccccc2)o1)NCC1(c2ccccc2)CC1. The summed E-state index contributed by atoms with van der Waals surface area (Å²) in [6.07, 6.45) is 2.16. The lowest BCUT2D eigenvalue weighted by Gasteiger charge is -2.16. The number of hydrogen-bond donors (Lipinski definition) is 1. The molecule has 2 aromatic carbocycles. The van der Waals surface area contributed by atoms with Gasteiger partial charge in [-0.05, 0) is 30.5 Å². The molecule has 1 aliphatic rings. The first-order valence-electron chi connectivity index (χ1n) is 8.59. The molecule has 26 heavy (non-hydrogen) atoms.